The third-order valence-electron chi connectivity index (χ3n) is 4.99. The third-order valence-corrected chi connectivity index (χ3v) is 7.03. The van der Waals surface area contributed by atoms with Gasteiger partial charge in [-0.1, -0.05) is 13.8 Å². The average Bonchev–Trinajstić information content (AvgIpc) is 3.13. The van der Waals surface area contributed by atoms with Gasteiger partial charge in [-0.15, -0.1) is 0 Å². The van der Waals surface area contributed by atoms with Gasteiger partial charge in [0.15, 0.2) is 0 Å². The van der Waals surface area contributed by atoms with E-state index in [1.807, 2.05) is 13.8 Å². The van der Waals surface area contributed by atoms with E-state index in [2.05, 4.69) is 0 Å². The second-order valence-corrected chi connectivity index (χ2v) is 8.67. The minimum atomic E-state index is -3.53. The highest BCUT2D eigenvalue weighted by Crippen LogP contribution is 2.31. The topological polar surface area (TPSA) is 66.9 Å². The average molecular weight is 421 g/mol. The molecule has 0 saturated heterocycles. The van der Waals surface area contributed by atoms with Crippen LogP contribution in [0.2, 0.25) is 0 Å². The summed E-state index contributed by atoms with van der Waals surface area (Å²) in [6.07, 6.45) is 0.790. The van der Waals surface area contributed by atoms with Gasteiger partial charge >= 0.3 is 0 Å². The molecule has 0 bridgehead atoms. The lowest BCUT2D eigenvalue weighted by atomic mass is 10.2. The van der Waals surface area contributed by atoms with E-state index in [-0.39, 0.29) is 29.6 Å². The Bertz CT molecular complexity index is 973. The number of fused-ring (bicyclic) bond motifs is 1. The van der Waals surface area contributed by atoms with Gasteiger partial charge in [-0.2, -0.15) is 4.31 Å². The summed E-state index contributed by atoms with van der Waals surface area (Å²) in [7, 11) is -3.53. The van der Waals surface area contributed by atoms with Gasteiger partial charge in [-0.25, -0.2) is 12.8 Å². The summed E-state index contributed by atoms with van der Waals surface area (Å²) >= 11 is 0. The maximum Gasteiger partial charge on any atom is 0.243 e. The van der Waals surface area contributed by atoms with Crippen LogP contribution < -0.4 is 9.64 Å². The Morgan fingerprint density at radius 1 is 1.14 bits per heavy atom. The number of rotatable bonds is 8. The summed E-state index contributed by atoms with van der Waals surface area (Å²) in [4.78, 5) is 14.5. The number of carbonyl (C=O) groups excluding carboxylic acids is 1. The van der Waals surface area contributed by atoms with Gasteiger partial charge in [0.05, 0.1) is 17.9 Å². The highest BCUT2D eigenvalue weighted by molar-refractivity contribution is 7.89. The van der Waals surface area contributed by atoms with E-state index in [0.29, 0.717) is 31.8 Å². The number of amides is 1. The molecule has 0 atom stereocenters. The fraction of sp³-hybridized carbons (Fsp3) is 0.381. The zero-order valence-electron chi connectivity index (χ0n) is 16.6. The molecule has 1 amide bonds. The first-order chi connectivity index (χ1) is 13.9. The Hall–Kier alpha value is -2.45. The second kappa shape index (κ2) is 8.92. The minimum Gasteiger partial charge on any atom is -0.493 e. The molecule has 6 nitrogen and oxygen atoms in total. The monoisotopic (exact) mass is 420 g/mol. The van der Waals surface area contributed by atoms with E-state index >= 15 is 0 Å². The molecule has 1 aliphatic heterocycles. The molecule has 29 heavy (non-hydrogen) atoms. The Labute approximate surface area is 170 Å². The highest BCUT2D eigenvalue weighted by Gasteiger charge is 2.28. The highest BCUT2D eigenvalue weighted by atomic mass is 32.2. The van der Waals surface area contributed by atoms with Crippen molar-refractivity contribution >= 4 is 21.6 Å². The molecular formula is C21H25FN2O4S. The van der Waals surface area contributed by atoms with Crippen LogP contribution in [0.3, 0.4) is 0 Å². The smallest absolute Gasteiger partial charge is 0.243 e. The van der Waals surface area contributed by atoms with Crippen molar-refractivity contribution in [3.05, 3.63) is 53.8 Å². The normalized spacial score (nSPS) is 13.6. The molecule has 0 spiro atoms. The van der Waals surface area contributed by atoms with E-state index in [1.54, 1.807) is 23.1 Å². The van der Waals surface area contributed by atoms with Crippen LogP contribution in [0.25, 0.3) is 0 Å². The molecule has 8 heteroatoms. The first kappa shape index (κ1) is 21.3. The Morgan fingerprint density at radius 3 is 2.48 bits per heavy atom. The van der Waals surface area contributed by atoms with Crippen LogP contribution in [0.15, 0.2) is 47.4 Å². The summed E-state index contributed by atoms with van der Waals surface area (Å²) in [5, 5.41) is 0. The molecule has 156 valence electrons. The molecule has 0 N–H and O–H groups in total. The molecule has 3 rings (SSSR count). The lowest BCUT2D eigenvalue weighted by molar-refractivity contribution is -0.119. The summed E-state index contributed by atoms with van der Waals surface area (Å²) in [5.41, 5.74) is 1.60. The zero-order valence-corrected chi connectivity index (χ0v) is 17.4. The van der Waals surface area contributed by atoms with Crippen molar-refractivity contribution in [3.63, 3.8) is 0 Å². The van der Waals surface area contributed by atoms with Crippen LogP contribution in [-0.4, -0.2) is 44.9 Å². The van der Waals surface area contributed by atoms with Gasteiger partial charge < -0.3 is 9.64 Å². The van der Waals surface area contributed by atoms with E-state index < -0.39 is 10.0 Å². The minimum absolute atomic E-state index is 0.0924. The predicted octanol–water partition coefficient (Wildman–Crippen LogP) is 3.21. The van der Waals surface area contributed by atoms with Gasteiger partial charge in [-0.05, 0) is 54.4 Å². The summed E-state index contributed by atoms with van der Waals surface area (Å²) in [6.45, 7) is 5.14. The van der Waals surface area contributed by atoms with Gasteiger partial charge in [0.1, 0.15) is 11.6 Å². The zero-order chi connectivity index (χ0) is 21.0. The van der Waals surface area contributed by atoms with E-state index in [9.17, 15) is 17.6 Å². The summed E-state index contributed by atoms with van der Waals surface area (Å²) in [6, 6.07) is 10.6. The maximum absolute atomic E-state index is 12.9. The molecule has 1 aliphatic rings. The van der Waals surface area contributed by atoms with Crippen molar-refractivity contribution in [2.24, 2.45) is 0 Å². The molecule has 0 aromatic heterocycles. The van der Waals surface area contributed by atoms with Crippen molar-refractivity contribution in [2.45, 2.75) is 31.6 Å². The van der Waals surface area contributed by atoms with Crippen LogP contribution in [-0.2, 0) is 21.2 Å². The van der Waals surface area contributed by atoms with Crippen LogP contribution in [0, 0.1) is 5.82 Å². The van der Waals surface area contributed by atoms with Gasteiger partial charge in [0.2, 0.25) is 15.9 Å². The van der Waals surface area contributed by atoms with Crippen LogP contribution in [0.4, 0.5) is 10.1 Å². The molecule has 1 heterocycles. The molecule has 2 aromatic rings. The van der Waals surface area contributed by atoms with Gasteiger partial charge in [0, 0.05) is 25.3 Å². The third kappa shape index (κ3) is 4.59. The number of benzene rings is 2. The van der Waals surface area contributed by atoms with E-state index in [0.717, 1.165) is 11.3 Å². The van der Waals surface area contributed by atoms with Crippen molar-refractivity contribution in [2.75, 3.05) is 31.1 Å². The maximum atomic E-state index is 12.9. The summed E-state index contributed by atoms with van der Waals surface area (Å²) in [5.74, 6) is 0.0713. The van der Waals surface area contributed by atoms with E-state index in [1.165, 1.54) is 28.6 Å². The first-order valence-electron chi connectivity index (χ1n) is 9.68. The lowest BCUT2D eigenvalue weighted by Crippen LogP contribution is -2.31. The number of hydrogen-bond donors (Lipinski definition) is 0. The number of hydrogen-bond acceptors (Lipinski definition) is 4. The number of carbonyl (C=O) groups is 1. The van der Waals surface area contributed by atoms with Gasteiger partial charge in [-0.3, -0.25) is 4.79 Å². The standard InChI is InChI=1S/C21H25FN2O4S/c1-3-23(4-2)29(26,27)19-9-10-20-16(15-19)11-13-24(20)21(25)12-14-28-18-7-5-17(22)6-8-18/h5-10,15H,3-4,11-14H2,1-2H3. The molecule has 0 fully saturated rings. The molecule has 0 unspecified atom stereocenters. The molecule has 0 saturated carbocycles. The van der Waals surface area contributed by atoms with Crippen molar-refractivity contribution in [1.82, 2.24) is 4.31 Å². The number of ether oxygens (including phenoxy) is 1. The van der Waals surface area contributed by atoms with Crippen molar-refractivity contribution < 1.29 is 22.3 Å². The van der Waals surface area contributed by atoms with Crippen LogP contribution in [0.1, 0.15) is 25.8 Å². The first-order valence-corrected chi connectivity index (χ1v) is 11.1. The summed E-state index contributed by atoms with van der Waals surface area (Å²) < 4.78 is 45.2. The fourth-order valence-electron chi connectivity index (χ4n) is 3.43. The lowest BCUT2D eigenvalue weighted by Gasteiger charge is -2.20. The molecular weight excluding hydrogens is 395 g/mol. The Kier molecular flexibility index (Phi) is 6.54. The largest absolute Gasteiger partial charge is 0.493 e. The van der Waals surface area contributed by atoms with Gasteiger partial charge in [0.25, 0.3) is 0 Å². The number of halogens is 1. The van der Waals surface area contributed by atoms with Crippen LogP contribution in [0.5, 0.6) is 5.75 Å². The number of nitrogens with zero attached hydrogens (tertiary/aromatic N) is 2. The van der Waals surface area contributed by atoms with Crippen molar-refractivity contribution in [1.29, 1.82) is 0 Å². The molecule has 2 aromatic carbocycles. The van der Waals surface area contributed by atoms with E-state index in [4.69, 9.17) is 4.74 Å². The Balaban J connectivity index is 1.66. The predicted molar refractivity (Wildman–Crippen MR) is 109 cm³/mol. The second-order valence-electron chi connectivity index (χ2n) is 6.73. The molecule has 0 radical (unpaired) electrons. The van der Waals surface area contributed by atoms with Crippen molar-refractivity contribution in [3.8, 4) is 5.75 Å². The number of anilines is 1. The van der Waals surface area contributed by atoms with Crippen LogP contribution >= 0.6 is 0 Å². The fourth-order valence-corrected chi connectivity index (χ4v) is 4.94. The molecule has 0 aliphatic carbocycles. The quantitative estimate of drug-likeness (QED) is 0.658. The number of sulfonamides is 1. The Morgan fingerprint density at radius 2 is 1.83 bits per heavy atom. The SMILES string of the molecule is CCN(CC)S(=O)(=O)c1ccc2c(c1)CCN2C(=O)CCOc1ccc(F)cc1.